The number of nitriles is 1. The molecule has 0 radical (unpaired) electrons. The van der Waals surface area contributed by atoms with Gasteiger partial charge in [0.25, 0.3) is 5.69 Å². The zero-order chi connectivity index (χ0) is 17.8. The molecule has 1 aromatic heterocycles. The highest BCUT2D eigenvalue weighted by Gasteiger charge is 2.18. The van der Waals surface area contributed by atoms with Crippen molar-refractivity contribution in [2.75, 3.05) is 37.6 Å². The first-order valence-corrected chi connectivity index (χ1v) is 8.59. The van der Waals surface area contributed by atoms with Crippen molar-refractivity contribution < 1.29 is 4.92 Å². The van der Waals surface area contributed by atoms with Crippen LogP contribution >= 0.6 is 0 Å². The molecule has 1 saturated heterocycles. The van der Waals surface area contributed by atoms with Gasteiger partial charge < -0.3 is 9.80 Å². The van der Waals surface area contributed by atoms with Gasteiger partial charge in [0.05, 0.1) is 22.1 Å². The van der Waals surface area contributed by atoms with Crippen LogP contribution in [0, 0.1) is 21.4 Å². The Labute approximate surface area is 146 Å². The summed E-state index contributed by atoms with van der Waals surface area (Å²) in [6.07, 6.45) is 2.20. The second-order valence-electron chi connectivity index (χ2n) is 6.28. The molecule has 7 heteroatoms. The first kappa shape index (κ1) is 17.1. The number of pyridine rings is 1. The van der Waals surface area contributed by atoms with E-state index in [0.717, 1.165) is 51.4 Å². The molecule has 25 heavy (non-hydrogen) atoms. The van der Waals surface area contributed by atoms with E-state index in [1.54, 1.807) is 12.1 Å². The van der Waals surface area contributed by atoms with Crippen molar-refractivity contribution in [1.29, 1.82) is 5.26 Å². The van der Waals surface area contributed by atoms with Gasteiger partial charge in [-0.05, 0) is 38.1 Å². The predicted octanol–water partition coefficient (Wildman–Crippen LogP) is 2.94. The fourth-order valence-electron chi connectivity index (χ4n) is 3.31. The molecule has 0 atom stereocenters. The van der Waals surface area contributed by atoms with E-state index in [-0.39, 0.29) is 5.69 Å². The maximum atomic E-state index is 11.0. The SMILES string of the molecule is CCCN1CCCN(c2cc(C#N)c3cc([N+](=O)[O-])ccc3n2)CC1. The quantitative estimate of drug-likeness (QED) is 0.629. The van der Waals surface area contributed by atoms with Gasteiger partial charge in [-0.15, -0.1) is 0 Å². The topological polar surface area (TPSA) is 86.3 Å². The minimum absolute atomic E-state index is 0.0245. The lowest BCUT2D eigenvalue weighted by atomic mass is 10.1. The number of hydrogen-bond acceptors (Lipinski definition) is 6. The van der Waals surface area contributed by atoms with Crippen LogP contribution in [0.1, 0.15) is 25.3 Å². The Bertz CT molecular complexity index is 830. The monoisotopic (exact) mass is 339 g/mol. The van der Waals surface area contributed by atoms with Crippen LogP contribution in [0.3, 0.4) is 0 Å². The lowest BCUT2D eigenvalue weighted by Gasteiger charge is -2.23. The second-order valence-corrected chi connectivity index (χ2v) is 6.28. The number of benzene rings is 1. The van der Waals surface area contributed by atoms with Gasteiger partial charge in [-0.2, -0.15) is 5.26 Å². The summed E-state index contributed by atoms with van der Waals surface area (Å²) in [5, 5.41) is 21.0. The number of nitro groups is 1. The van der Waals surface area contributed by atoms with E-state index in [0.29, 0.717) is 16.5 Å². The van der Waals surface area contributed by atoms with Crippen LogP contribution in [0.25, 0.3) is 10.9 Å². The van der Waals surface area contributed by atoms with Crippen molar-refractivity contribution >= 4 is 22.4 Å². The highest BCUT2D eigenvalue weighted by atomic mass is 16.6. The smallest absolute Gasteiger partial charge is 0.270 e. The zero-order valence-corrected chi connectivity index (χ0v) is 14.3. The molecule has 1 fully saturated rings. The van der Waals surface area contributed by atoms with Crippen molar-refractivity contribution in [3.63, 3.8) is 0 Å². The van der Waals surface area contributed by atoms with Crippen molar-refractivity contribution in [3.05, 3.63) is 39.9 Å². The summed E-state index contributed by atoms with van der Waals surface area (Å²) in [5.41, 5.74) is 1.02. The van der Waals surface area contributed by atoms with Crippen LogP contribution in [-0.2, 0) is 0 Å². The molecule has 1 aromatic carbocycles. The molecule has 130 valence electrons. The van der Waals surface area contributed by atoms with E-state index >= 15 is 0 Å². The van der Waals surface area contributed by atoms with E-state index in [2.05, 4.69) is 27.8 Å². The lowest BCUT2D eigenvalue weighted by molar-refractivity contribution is -0.384. The first-order valence-electron chi connectivity index (χ1n) is 8.59. The molecule has 0 unspecified atom stereocenters. The van der Waals surface area contributed by atoms with E-state index < -0.39 is 4.92 Å². The Morgan fingerprint density at radius 1 is 1.28 bits per heavy atom. The van der Waals surface area contributed by atoms with Crippen LogP contribution in [-0.4, -0.2) is 47.5 Å². The standard InChI is InChI=1S/C18H21N5O2/c1-2-6-21-7-3-8-22(10-9-21)18-11-14(13-19)16-12-15(23(24)25)4-5-17(16)20-18/h4-5,11-12H,2-3,6-10H2,1H3. The third kappa shape index (κ3) is 3.69. The Kier molecular flexibility index (Phi) is 5.10. The second kappa shape index (κ2) is 7.45. The molecule has 2 heterocycles. The van der Waals surface area contributed by atoms with Crippen LogP contribution in [0.5, 0.6) is 0 Å². The highest BCUT2D eigenvalue weighted by Crippen LogP contribution is 2.26. The number of nitrogens with zero attached hydrogens (tertiary/aromatic N) is 5. The summed E-state index contributed by atoms with van der Waals surface area (Å²) in [5.74, 6) is 0.774. The van der Waals surface area contributed by atoms with Crippen LogP contribution in [0.15, 0.2) is 24.3 Å². The van der Waals surface area contributed by atoms with Crippen LogP contribution in [0.2, 0.25) is 0 Å². The third-order valence-corrected chi connectivity index (χ3v) is 4.56. The number of non-ortho nitro benzene ring substituents is 1. The Balaban J connectivity index is 1.93. The number of nitro benzene ring substituents is 1. The molecule has 0 spiro atoms. The molecular formula is C18H21N5O2. The van der Waals surface area contributed by atoms with Gasteiger partial charge in [0.15, 0.2) is 0 Å². The van der Waals surface area contributed by atoms with E-state index in [4.69, 9.17) is 0 Å². The summed E-state index contributed by atoms with van der Waals surface area (Å²) in [6.45, 7) is 7.12. The molecule has 2 aromatic rings. The van der Waals surface area contributed by atoms with Gasteiger partial charge in [0.2, 0.25) is 0 Å². The minimum Gasteiger partial charge on any atom is -0.355 e. The molecule has 0 N–H and O–H groups in total. The maximum Gasteiger partial charge on any atom is 0.270 e. The summed E-state index contributed by atoms with van der Waals surface area (Å²) in [7, 11) is 0. The van der Waals surface area contributed by atoms with Gasteiger partial charge in [0.1, 0.15) is 5.82 Å². The number of anilines is 1. The predicted molar refractivity (Wildman–Crippen MR) is 96.7 cm³/mol. The molecule has 0 amide bonds. The molecule has 0 aliphatic carbocycles. The Hall–Kier alpha value is -2.72. The van der Waals surface area contributed by atoms with Gasteiger partial charge in [-0.1, -0.05) is 6.92 Å². The van der Waals surface area contributed by atoms with Gasteiger partial charge >= 0.3 is 0 Å². The minimum atomic E-state index is -0.453. The molecule has 0 bridgehead atoms. The van der Waals surface area contributed by atoms with Crippen molar-refractivity contribution in [3.8, 4) is 6.07 Å². The fourth-order valence-corrected chi connectivity index (χ4v) is 3.31. The number of fused-ring (bicyclic) bond motifs is 1. The van der Waals surface area contributed by atoms with Crippen molar-refractivity contribution in [2.24, 2.45) is 0 Å². The molecule has 7 nitrogen and oxygen atoms in total. The zero-order valence-electron chi connectivity index (χ0n) is 14.3. The largest absolute Gasteiger partial charge is 0.355 e. The van der Waals surface area contributed by atoms with Gasteiger partial charge in [0, 0.05) is 37.2 Å². The maximum absolute atomic E-state index is 11.0. The fraction of sp³-hybridized carbons (Fsp3) is 0.444. The van der Waals surface area contributed by atoms with E-state index in [1.807, 2.05) is 0 Å². The highest BCUT2D eigenvalue weighted by molar-refractivity contribution is 5.88. The molecule has 1 aliphatic heterocycles. The normalized spacial score (nSPS) is 15.8. The summed E-state index contributed by atoms with van der Waals surface area (Å²) in [6, 6.07) is 8.40. The Morgan fingerprint density at radius 2 is 2.12 bits per heavy atom. The number of rotatable bonds is 4. The summed E-state index contributed by atoms with van der Waals surface area (Å²) < 4.78 is 0. The van der Waals surface area contributed by atoms with Crippen molar-refractivity contribution in [2.45, 2.75) is 19.8 Å². The average Bonchev–Trinajstić information content (AvgIpc) is 2.86. The van der Waals surface area contributed by atoms with Crippen LogP contribution < -0.4 is 4.90 Å². The molecule has 3 rings (SSSR count). The molecule has 0 saturated carbocycles. The third-order valence-electron chi connectivity index (χ3n) is 4.56. The molecular weight excluding hydrogens is 318 g/mol. The lowest BCUT2D eigenvalue weighted by Crippen LogP contribution is -2.31. The molecule has 1 aliphatic rings. The first-order chi connectivity index (χ1) is 12.1. The van der Waals surface area contributed by atoms with Gasteiger partial charge in [-0.25, -0.2) is 4.98 Å². The van der Waals surface area contributed by atoms with Crippen molar-refractivity contribution in [1.82, 2.24) is 9.88 Å². The van der Waals surface area contributed by atoms with E-state index in [9.17, 15) is 15.4 Å². The number of aromatic nitrogens is 1. The Morgan fingerprint density at radius 3 is 2.84 bits per heavy atom. The van der Waals surface area contributed by atoms with Crippen LogP contribution in [0.4, 0.5) is 11.5 Å². The summed E-state index contributed by atoms with van der Waals surface area (Å²) >= 11 is 0. The van der Waals surface area contributed by atoms with E-state index in [1.165, 1.54) is 12.1 Å². The average molecular weight is 339 g/mol. The van der Waals surface area contributed by atoms with Gasteiger partial charge in [-0.3, -0.25) is 10.1 Å². The number of hydrogen-bond donors (Lipinski definition) is 0. The summed E-state index contributed by atoms with van der Waals surface area (Å²) in [4.78, 5) is 19.8.